The molecular weight excluding hydrogens is 86.1 g/mol. The Morgan fingerprint density at radius 2 is 2.43 bits per heavy atom. The molecule has 0 spiro atoms. The summed E-state index contributed by atoms with van der Waals surface area (Å²) in [7, 11) is 0. The highest BCUT2D eigenvalue weighted by Gasteiger charge is 1.87. The molecule has 0 aromatic heterocycles. The van der Waals surface area contributed by atoms with Crippen LogP contribution >= 0.6 is 0 Å². The molecule has 1 nitrogen and oxygen atoms in total. The molecule has 39 valence electrons. The molecule has 0 unspecified atom stereocenters. The van der Waals surface area contributed by atoms with Crippen LogP contribution in [-0.2, 0) is 0 Å². The molecule has 0 aromatic carbocycles. The van der Waals surface area contributed by atoms with Gasteiger partial charge in [-0.25, -0.2) is 0 Å². The molecule has 1 N–H and O–H groups in total. The normalized spacial score (nSPS) is 21.7. The van der Waals surface area contributed by atoms with Gasteiger partial charge in [-0.15, -0.1) is 0 Å². The predicted molar refractivity (Wildman–Crippen MR) is 30.9 cm³/mol. The highest BCUT2D eigenvalue weighted by atomic mass is 14.8. The Balaban J connectivity index is 2.20. The summed E-state index contributed by atoms with van der Waals surface area (Å²) in [5, 5.41) is 3.23. The second-order valence-corrected chi connectivity index (χ2v) is 1.66. The van der Waals surface area contributed by atoms with Crippen LogP contribution < -0.4 is 5.32 Å². The maximum atomic E-state index is 3.23. The lowest BCUT2D eigenvalue weighted by atomic mass is 10.3. The first kappa shape index (κ1) is 4.85. The van der Waals surface area contributed by atoms with E-state index in [4.69, 9.17) is 0 Å². The lowest BCUT2D eigenvalue weighted by Gasteiger charge is -1.91. The summed E-state index contributed by atoms with van der Waals surface area (Å²) in [6.45, 7) is 2.17. The van der Waals surface area contributed by atoms with E-state index in [-0.39, 0.29) is 0 Å². The lowest BCUT2D eigenvalue weighted by molar-refractivity contribution is 0.758. The molecule has 1 rings (SSSR count). The van der Waals surface area contributed by atoms with Gasteiger partial charge in [0.25, 0.3) is 0 Å². The highest BCUT2D eigenvalue weighted by molar-refractivity contribution is 4.98. The van der Waals surface area contributed by atoms with E-state index in [0.717, 1.165) is 13.1 Å². The van der Waals surface area contributed by atoms with Crippen LogP contribution in [0.5, 0.6) is 0 Å². The van der Waals surface area contributed by atoms with E-state index in [1.807, 2.05) is 0 Å². The highest BCUT2D eigenvalue weighted by Crippen LogP contribution is 1.89. The maximum absolute atomic E-state index is 3.23. The van der Waals surface area contributed by atoms with E-state index < -0.39 is 0 Å². The van der Waals surface area contributed by atoms with Gasteiger partial charge >= 0.3 is 0 Å². The number of rotatable bonds is 0. The fourth-order valence-corrected chi connectivity index (χ4v) is 0.631. The summed E-state index contributed by atoms with van der Waals surface area (Å²) in [6.07, 6.45) is 7.60. The predicted octanol–water partition coefficient (Wildman–Crippen LogP) is 0.740. The van der Waals surface area contributed by atoms with Gasteiger partial charge in [-0.05, 0) is 19.4 Å². The summed E-state index contributed by atoms with van der Waals surface area (Å²) < 4.78 is 0. The first-order valence-electron chi connectivity index (χ1n) is 2.69. The largest absolute Gasteiger partial charge is 0.313 e. The fourth-order valence-electron chi connectivity index (χ4n) is 0.631. The van der Waals surface area contributed by atoms with Crippen LogP contribution in [0, 0.1) is 6.42 Å². The van der Waals surface area contributed by atoms with Crippen LogP contribution in [-0.4, -0.2) is 13.1 Å². The Kier molecular flexibility index (Phi) is 1.94. The molecule has 1 heteroatoms. The molecule has 0 amide bonds. The topological polar surface area (TPSA) is 12.0 Å². The maximum Gasteiger partial charge on any atom is 0.0134 e. The van der Waals surface area contributed by atoms with Gasteiger partial charge in [0.15, 0.2) is 0 Å². The third-order valence-corrected chi connectivity index (χ3v) is 1.02. The first-order chi connectivity index (χ1) is 3.50. The smallest absolute Gasteiger partial charge is 0.0134 e. The summed E-state index contributed by atoms with van der Waals surface area (Å²) in [5.74, 6) is 0. The zero-order valence-corrected chi connectivity index (χ0v) is 4.35. The number of hydrogen-bond acceptors (Lipinski definition) is 1. The van der Waals surface area contributed by atoms with Gasteiger partial charge in [0.05, 0.1) is 0 Å². The molecule has 0 bridgehead atoms. The van der Waals surface area contributed by atoms with Gasteiger partial charge in [0.2, 0.25) is 0 Å². The number of nitrogens with one attached hydrogen (secondary N) is 1. The van der Waals surface area contributed by atoms with Crippen LogP contribution in [0.4, 0.5) is 0 Å². The van der Waals surface area contributed by atoms with Crippen LogP contribution in [0.15, 0.2) is 12.2 Å². The molecule has 0 aromatic rings. The minimum Gasteiger partial charge on any atom is -0.313 e. The van der Waals surface area contributed by atoms with Crippen molar-refractivity contribution >= 4 is 0 Å². The summed E-state index contributed by atoms with van der Waals surface area (Å²) in [6, 6.07) is 0. The van der Waals surface area contributed by atoms with Gasteiger partial charge in [-0.2, -0.15) is 0 Å². The minimum atomic E-state index is 1.04. The summed E-state index contributed by atoms with van der Waals surface area (Å²) in [4.78, 5) is 0. The number of allylic oxidation sites excluding steroid dienone is 1. The first-order valence-corrected chi connectivity index (χ1v) is 2.69. The quantitative estimate of drug-likeness (QED) is 0.469. The Morgan fingerprint density at radius 1 is 1.43 bits per heavy atom. The molecule has 0 aliphatic carbocycles. The van der Waals surface area contributed by atoms with E-state index in [1.165, 1.54) is 6.42 Å². The van der Waals surface area contributed by atoms with E-state index in [2.05, 4.69) is 23.9 Å². The molecule has 1 heterocycles. The van der Waals surface area contributed by atoms with E-state index in [0.29, 0.717) is 0 Å². The standard InChI is InChI=1S/C6H10N/c1-2-4-6-7-5-3-1/h1-3,7H,4-6H2. The third kappa shape index (κ3) is 1.74. The average molecular weight is 96.2 g/mol. The Hall–Kier alpha value is -0.300. The van der Waals surface area contributed by atoms with Crippen LogP contribution in [0.2, 0.25) is 0 Å². The van der Waals surface area contributed by atoms with Crippen molar-refractivity contribution in [3.63, 3.8) is 0 Å². The van der Waals surface area contributed by atoms with Gasteiger partial charge < -0.3 is 5.32 Å². The van der Waals surface area contributed by atoms with Crippen LogP contribution in [0.25, 0.3) is 0 Å². The Morgan fingerprint density at radius 3 is 3.43 bits per heavy atom. The van der Waals surface area contributed by atoms with E-state index in [9.17, 15) is 0 Å². The molecular formula is C6H10N. The molecule has 1 aliphatic rings. The fraction of sp³-hybridized carbons (Fsp3) is 0.500. The monoisotopic (exact) mass is 96.1 g/mol. The second kappa shape index (κ2) is 2.80. The van der Waals surface area contributed by atoms with Gasteiger partial charge in [0.1, 0.15) is 0 Å². The molecule has 1 radical (unpaired) electrons. The third-order valence-electron chi connectivity index (χ3n) is 1.02. The Labute approximate surface area is 44.4 Å². The zero-order chi connectivity index (χ0) is 4.95. The van der Waals surface area contributed by atoms with Crippen molar-refractivity contribution in [2.75, 3.05) is 13.1 Å². The molecule has 0 fully saturated rings. The van der Waals surface area contributed by atoms with Crippen molar-refractivity contribution < 1.29 is 0 Å². The van der Waals surface area contributed by atoms with Gasteiger partial charge in [-0.3, -0.25) is 0 Å². The van der Waals surface area contributed by atoms with Crippen molar-refractivity contribution in [1.29, 1.82) is 0 Å². The molecule has 7 heavy (non-hydrogen) atoms. The van der Waals surface area contributed by atoms with Gasteiger partial charge in [0, 0.05) is 6.54 Å². The van der Waals surface area contributed by atoms with Crippen molar-refractivity contribution in [2.45, 2.75) is 6.42 Å². The molecule has 0 atom stereocenters. The second-order valence-electron chi connectivity index (χ2n) is 1.66. The molecule has 0 saturated carbocycles. The summed E-state index contributed by atoms with van der Waals surface area (Å²) in [5.41, 5.74) is 0. The van der Waals surface area contributed by atoms with Crippen molar-refractivity contribution in [2.24, 2.45) is 0 Å². The summed E-state index contributed by atoms with van der Waals surface area (Å²) >= 11 is 0. The SMILES string of the molecule is [CH]1C=CCNCC1. The van der Waals surface area contributed by atoms with Crippen LogP contribution in [0.3, 0.4) is 0 Å². The van der Waals surface area contributed by atoms with E-state index in [1.54, 1.807) is 0 Å². The minimum absolute atomic E-state index is 1.04. The average Bonchev–Trinajstić information content (AvgIpc) is 1.90. The lowest BCUT2D eigenvalue weighted by Crippen LogP contribution is -2.12. The van der Waals surface area contributed by atoms with E-state index >= 15 is 0 Å². The van der Waals surface area contributed by atoms with Crippen LogP contribution in [0.1, 0.15) is 6.42 Å². The van der Waals surface area contributed by atoms with Crippen molar-refractivity contribution in [1.82, 2.24) is 5.32 Å². The molecule has 1 aliphatic heterocycles. The van der Waals surface area contributed by atoms with Gasteiger partial charge in [-0.1, -0.05) is 12.2 Å². The Bertz CT molecular complexity index is 58.6. The van der Waals surface area contributed by atoms with Crippen molar-refractivity contribution in [3.05, 3.63) is 18.6 Å². The number of hydrogen-bond donors (Lipinski definition) is 1. The van der Waals surface area contributed by atoms with Crippen molar-refractivity contribution in [3.8, 4) is 0 Å². The molecule has 0 saturated heterocycles. The zero-order valence-electron chi connectivity index (χ0n) is 4.35.